The fourth-order valence-corrected chi connectivity index (χ4v) is 7.19. The van der Waals surface area contributed by atoms with Gasteiger partial charge in [0, 0.05) is 49.1 Å². The van der Waals surface area contributed by atoms with E-state index < -0.39 is 28.4 Å². The second-order valence-corrected chi connectivity index (χ2v) is 13.0. The second kappa shape index (κ2) is 10.7. The average molecular weight is 591 g/mol. The number of amides is 1. The van der Waals surface area contributed by atoms with Gasteiger partial charge >= 0.3 is 0 Å². The van der Waals surface area contributed by atoms with Crippen LogP contribution in [0.25, 0.3) is 0 Å². The molecule has 7 nitrogen and oxygen atoms in total. The van der Waals surface area contributed by atoms with Crippen molar-refractivity contribution in [3.8, 4) is 0 Å². The number of sulfonamides is 1. The number of benzene rings is 3. The molecule has 0 spiro atoms. The van der Waals surface area contributed by atoms with Crippen LogP contribution in [-0.2, 0) is 34.3 Å². The molecule has 2 aliphatic carbocycles. The van der Waals surface area contributed by atoms with Crippen molar-refractivity contribution in [2.45, 2.75) is 55.5 Å². The number of rotatable bonds is 8. The second-order valence-electron chi connectivity index (χ2n) is 11.2. The standard InChI is InChI=1S/C32H32F2N4O3S/c1-21-7-6-10-24(17-21)42(40,41)36-29-13-14-32(33,34)28-12-11-23(18-27(28)29)38(20-30-35-15-16-37(30)2)31(39)26-19-25(26)22-8-4-3-5-9-22/h3-12,15-18,25-26,29,36H,13-14,19-20H2,1-2H3/t25-,26+,29-/m1/s1. The number of fused-ring (bicyclic) bond motifs is 1. The Morgan fingerprint density at radius 2 is 1.88 bits per heavy atom. The summed E-state index contributed by atoms with van der Waals surface area (Å²) in [5.41, 5.74) is 2.23. The third-order valence-electron chi connectivity index (χ3n) is 8.28. The largest absolute Gasteiger partial charge is 0.337 e. The van der Waals surface area contributed by atoms with Crippen molar-refractivity contribution in [3.05, 3.63) is 113 Å². The minimum atomic E-state index is -3.99. The molecule has 3 atom stereocenters. The molecule has 10 heteroatoms. The van der Waals surface area contributed by atoms with E-state index in [-0.39, 0.29) is 46.7 Å². The van der Waals surface area contributed by atoms with Gasteiger partial charge < -0.3 is 9.47 Å². The molecule has 2 aliphatic rings. The van der Waals surface area contributed by atoms with Crippen molar-refractivity contribution >= 4 is 21.6 Å². The van der Waals surface area contributed by atoms with Crippen molar-refractivity contribution in [2.24, 2.45) is 13.0 Å². The monoisotopic (exact) mass is 590 g/mol. The van der Waals surface area contributed by atoms with Gasteiger partial charge in [0.15, 0.2) is 0 Å². The topological polar surface area (TPSA) is 84.3 Å². The van der Waals surface area contributed by atoms with Crippen LogP contribution in [0.1, 0.15) is 59.3 Å². The summed E-state index contributed by atoms with van der Waals surface area (Å²) in [5.74, 6) is -2.77. The first-order chi connectivity index (χ1) is 20.0. The number of hydrogen-bond donors (Lipinski definition) is 1. The lowest BCUT2D eigenvalue weighted by Gasteiger charge is -2.33. The van der Waals surface area contributed by atoms with Crippen LogP contribution in [0.2, 0.25) is 0 Å². The first-order valence-electron chi connectivity index (χ1n) is 14.0. The van der Waals surface area contributed by atoms with Gasteiger partial charge in [0.05, 0.1) is 11.4 Å². The number of anilines is 1. The van der Waals surface area contributed by atoms with E-state index in [2.05, 4.69) is 9.71 Å². The van der Waals surface area contributed by atoms with Gasteiger partial charge in [0.25, 0.3) is 5.92 Å². The normalized spacial score (nSPS) is 21.0. The van der Waals surface area contributed by atoms with Crippen LogP contribution in [0.4, 0.5) is 14.5 Å². The van der Waals surface area contributed by atoms with E-state index in [1.807, 2.05) is 41.9 Å². The third-order valence-corrected chi connectivity index (χ3v) is 9.75. The fourth-order valence-electron chi connectivity index (χ4n) is 5.84. The van der Waals surface area contributed by atoms with Crippen LogP contribution in [0.3, 0.4) is 0 Å². The molecule has 4 aromatic rings. The van der Waals surface area contributed by atoms with E-state index in [9.17, 15) is 13.2 Å². The lowest BCUT2D eigenvalue weighted by atomic mass is 9.85. The van der Waals surface area contributed by atoms with E-state index in [4.69, 9.17) is 0 Å². The van der Waals surface area contributed by atoms with Gasteiger partial charge in [0.2, 0.25) is 15.9 Å². The summed E-state index contributed by atoms with van der Waals surface area (Å²) < 4.78 is 61.3. The number of carbonyl (C=O) groups excluding carboxylic acids is 1. The highest BCUT2D eigenvalue weighted by Gasteiger charge is 2.47. The molecule has 1 fully saturated rings. The van der Waals surface area contributed by atoms with Crippen molar-refractivity contribution in [1.29, 1.82) is 0 Å². The Labute approximate surface area is 244 Å². The van der Waals surface area contributed by atoms with E-state index in [0.29, 0.717) is 17.9 Å². The summed E-state index contributed by atoms with van der Waals surface area (Å²) in [6, 6.07) is 19.8. The Kier molecular flexibility index (Phi) is 7.22. The molecular weight excluding hydrogens is 558 g/mol. The summed E-state index contributed by atoms with van der Waals surface area (Å²) in [4.78, 5) is 20.0. The van der Waals surface area contributed by atoms with Crippen LogP contribution >= 0.6 is 0 Å². The molecule has 218 valence electrons. The van der Waals surface area contributed by atoms with E-state index >= 15 is 8.78 Å². The minimum Gasteiger partial charge on any atom is -0.337 e. The van der Waals surface area contributed by atoms with Gasteiger partial charge in [-0.1, -0.05) is 48.5 Å². The molecule has 0 aliphatic heterocycles. The Morgan fingerprint density at radius 3 is 2.60 bits per heavy atom. The fraction of sp³-hybridized carbons (Fsp3) is 0.312. The molecule has 0 unspecified atom stereocenters. The molecule has 6 rings (SSSR count). The maximum atomic E-state index is 15.1. The smallest absolute Gasteiger partial charge is 0.273 e. The zero-order valence-corrected chi connectivity index (χ0v) is 24.2. The number of halogens is 2. The first kappa shape index (κ1) is 28.2. The highest BCUT2D eigenvalue weighted by atomic mass is 32.2. The zero-order chi connectivity index (χ0) is 29.6. The Morgan fingerprint density at radius 1 is 1.10 bits per heavy atom. The maximum Gasteiger partial charge on any atom is 0.273 e. The van der Waals surface area contributed by atoms with Crippen molar-refractivity contribution in [3.63, 3.8) is 0 Å². The predicted molar refractivity (Wildman–Crippen MR) is 155 cm³/mol. The summed E-state index contributed by atoms with van der Waals surface area (Å²) in [6.07, 6.45) is 3.55. The lowest BCUT2D eigenvalue weighted by Crippen LogP contribution is -2.36. The zero-order valence-electron chi connectivity index (χ0n) is 23.4. The SMILES string of the molecule is Cc1cccc(S(=O)(=O)N[C@@H]2CCC(F)(F)c3ccc(N(Cc4nccn4C)C(=O)[C@H]4C[C@@H]4c4ccccc4)cc32)c1. The highest BCUT2D eigenvalue weighted by Crippen LogP contribution is 2.50. The molecule has 0 radical (unpaired) electrons. The molecular formula is C32H32F2N4O3S. The molecule has 1 aromatic heterocycles. The Balaban J connectivity index is 1.36. The first-order valence-corrected chi connectivity index (χ1v) is 15.5. The van der Waals surface area contributed by atoms with Gasteiger partial charge in [0.1, 0.15) is 5.82 Å². The number of nitrogens with zero attached hydrogens (tertiary/aromatic N) is 3. The van der Waals surface area contributed by atoms with E-state index in [1.54, 1.807) is 48.5 Å². The molecule has 3 aromatic carbocycles. The van der Waals surface area contributed by atoms with Gasteiger partial charge in [-0.15, -0.1) is 0 Å². The number of aromatic nitrogens is 2. The van der Waals surface area contributed by atoms with Crippen LogP contribution in [-0.4, -0.2) is 23.9 Å². The average Bonchev–Trinajstić information content (AvgIpc) is 3.68. The molecule has 1 saturated carbocycles. The molecule has 0 bridgehead atoms. The number of aryl methyl sites for hydroxylation is 2. The molecule has 1 amide bonds. The Bertz CT molecular complexity index is 1740. The molecule has 1 N–H and O–H groups in total. The van der Waals surface area contributed by atoms with Crippen molar-refractivity contribution in [2.75, 3.05) is 4.90 Å². The van der Waals surface area contributed by atoms with Crippen LogP contribution in [0, 0.1) is 12.8 Å². The number of hydrogen-bond acceptors (Lipinski definition) is 4. The van der Waals surface area contributed by atoms with E-state index in [0.717, 1.165) is 11.1 Å². The van der Waals surface area contributed by atoms with Gasteiger partial charge in [-0.25, -0.2) is 26.9 Å². The summed E-state index contributed by atoms with van der Waals surface area (Å²) in [5, 5.41) is 0. The van der Waals surface area contributed by atoms with Crippen LogP contribution in [0.5, 0.6) is 0 Å². The van der Waals surface area contributed by atoms with E-state index in [1.165, 1.54) is 18.2 Å². The van der Waals surface area contributed by atoms with Crippen LogP contribution < -0.4 is 9.62 Å². The summed E-state index contributed by atoms with van der Waals surface area (Å²) in [7, 11) is -2.16. The highest BCUT2D eigenvalue weighted by molar-refractivity contribution is 7.89. The van der Waals surface area contributed by atoms with Crippen LogP contribution in [0.15, 0.2) is 90.1 Å². The van der Waals surface area contributed by atoms with Gasteiger partial charge in [-0.3, -0.25) is 4.79 Å². The summed E-state index contributed by atoms with van der Waals surface area (Å²) in [6.45, 7) is 1.94. The third kappa shape index (κ3) is 5.48. The molecule has 1 heterocycles. The molecule has 42 heavy (non-hydrogen) atoms. The summed E-state index contributed by atoms with van der Waals surface area (Å²) >= 11 is 0. The molecule has 0 saturated heterocycles. The number of imidazole rings is 1. The quantitative estimate of drug-likeness (QED) is 0.274. The number of nitrogens with one attached hydrogen (secondary N) is 1. The Hall–Kier alpha value is -3.89. The predicted octanol–water partition coefficient (Wildman–Crippen LogP) is 5.97. The number of alkyl halides is 2. The maximum absolute atomic E-state index is 15.1. The number of carbonyl (C=O) groups is 1. The lowest BCUT2D eigenvalue weighted by molar-refractivity contribution is -0.120. The van der Waals surface area contributed by atoms with Gasteiger partial charge in [-0.05, 0) is 66.6 Å². The van der Waals surface area contributed by atoms with Crippen molar-refractivity contribution < 1.29 is 22.0 Å². The van der Waals surface area contributed by atoms with Crippen molar-refractivity contribution in [1.82, 2.24) is 14.3 Å². The van der Waals surface area contributed by atoms with Gasteiger partial charge in [-0.2, -0.15) is 0 Å². The minimum absolute atomic E-state index is 0.0739.